The zero-order valence-electron chi connectivity index (χ0n) is 11.7. The first kappa shape index (κ1) is 15.0. The normalized spacial score (nSPS) is 11.6. The molecular weight excluding hydrogens is 292 g/mol. The van der Waals surface area contributed by atoms with Crippen LogP contribution in [-0.2, 0) is 11.8 Å². The van der Waals surface area contributed by atoms with Crippen LogP contribution in [0.3, 0.4) is 0 Å². The van der Waals surface area contributed by atoms with Crippen LogP contribution in [0.2, 0.25) is 5.02 Å². The van der Waals surface area contributed by atoms with Crippen molar-refractivity contribution in [2.24, 2.45) is 0 Å². The second-order valence-electron chi connectivity index (χ2n) is 5.75. The smallest absolute Gasteiger partial charge is 0.169 e. The van der Waals surface area contributed by atoms with E-state index in [1.165, 1.54) is 11.3 Å². The molecule has 0 amide bonds. The number of nitrogens with zero attached hydrogens (tertiary/aromatic N) is 1. The molecule has 1 heterocycles. The zero-order chi connectivity index (χ0) is 14.9. The first-order chi connectivity index (χ1) is 9.25. The van der Waals surface area contributed by atoms with Crippen LogP contribution < -0.4 is 5.73 Å². The van der Waals surface area contributed by atoms with Crippen molar-refractivity contribution in [2.75, 3.05) is 5.73 Å². The number of thiazole rings is 1. The predicted molar refractivity (Wildman–Crippen MR) is 84.7 cm³/mol. The fraction of sp³-hybridized carbons (Fsp3) is 0.333. The Bertz CT molecular complexity index is 623. The van der Waals surface area contributed by atoms with Crippen molar-refractivity contribution in [3.8, 4) is 0 Å². The number of rotatable bonds is 3. The third-order valence-corrected chi connectivity index (χ3v) is 3.94. The van der Waals surface area contributed by atoms with Gasteiger partial charge in [-0.05, 0) is 18.2 Å². The lowest BCUT2D eigenvalue weighted by molar-refractivity contribution is 0.0993. The van der Waals surface area contributed by atoms with Crippen LogP contribution in [0, 0.1) is 0 Å². The number of carbonyl (C=O) groups excluding carboxylic acids is 1. The molecule has 0 fully saturated rings. The van der Waals surface area contributed by atoms with Crippen molar-refractivity contribution < 1.29 is 4.79 Å². The molecule has 5 heteroatoms. The first-order valence-electron chi connectivity index (χ1n) is 6.30. The van der Waals surface area contributed by atoms with Gasteiger partial charge in [0.05, 0.1) is 12.1 Å². The number of hydrogen-bond acceptors (Lipinski definition) is 4. The molecule has 2 rings (SSSR count). The van der Waals surface area contributed by atoms with E-state index in [0.717, 1.165) is 10.7 Å². The van der Waals surface area contributed by atoms with Gasteiger partial charge in [-0.15, -0.1) is 11.3 Å². The molecule has 0 bridgehead atoms. The molecule has 0 atom stereocenters. The summed E-state index contributed by atoms with van der Waals surface area (Å²) in [5.74, 6) is -0.0194. The molecule has 0 spiro atoms. The SMILES string of the molecule is CC(C)(C)c1csc(CC(=O)c2cc(N)cc(Cl)c2)n1. The van der Waals surface area contributed by atoms with Crippen molar-refractivity contribution in [3.05, 3.63) is 44.9 Å². The Kier molecular flexibility index (Phi) is 4.16. The van der Waals surface area contributed by atoms with Gasteiger partial charge in [0.2, 0.25) is 0 Å². The summed E-state index contributed by atoms with van der Waals surface area (Å²) < 4.78 is 0. The highest BCUT2D eigenvalue weighted by Gasteiger charge is 2.18. The van der Waals surface area contributed by atoms with Crippen molar-refractivity contribution in [1.82, 2.24) is 4.98 Å². The maximum absolute atomic E-state index is 12.2. The number of hydrogen-bond donors (Lipinski definition) is 1. The first-order valence-corrected chi connectivity index (χ1v) is 7.55. The highest BCUT2D eigenvalue weighted by Crippen LogP contribution is 2.25. The fourth-order valence-electron chi connectivity index (χ4n) is 1.75. The van der Waals surface area contributed by atoms with Gasteiger partial charge in [-0.3, -0.25) is 4.79 Å². The Labute approximate surface area is 127 Å². The lowest BCUT2D eigenvalue weighted by Gasteiger charge is -2.14. The van der Waals surface area contributed by atoms with Crippen LogP contribution in [0.25, 0.3) is 0 Å². The minimum atomic E-state index is -0.0194. The molecule has 1 aromatic carbocycles. The second-order valence-corrected chi connectivity index (χ2v) is 7.13. The van der Waals surface area contributed by atoms with Gasteiger partial charge in [-0.1, -0.05) is 32.4 Å². The Balaban J connectivity index is 2.17. The van der Waals surface area contributed by atoms with E-state index in [0.29, 0.717) is 16.3 Å². The zero-order valence-corrected chi connectivity index (χ0v) is 13.3. The van der Waals surface area contributed by atoms with E-state index in [4.69, 9.17) is 17.3 Å². The summed E-state index contributed by atoms with van der Waals surface area (Å²) in [6.07, 6.45) is 0.278. The molecule has 2 N–H and O–H groups in total. The number of carbonyl (C=O) groups is 1. The minimum Gasteiger partial charge on any atom is -0.399 e. The summed E-state index contributed by atoms with van der Waals surface area (Å²) in [6, 6.07) is 4.91. The maximum Gasteiger partial charge on any atom is 0.169 e. The monoisotopic (exact) mass is 308 g/mol. The highest BCUT2D eigenvalue weighted by atomic mass is 35.5. The average Bonchev–Trinajstić information content (AvgIpc) is 2.75. The van der Waals surface area contributed by atoms with Gasteiger partial charge in [0, 0.05) is 27.1 Å². The van der Waals surface area contributed by atoms with E-state index in [1.54, 1.807) is 18.2 Å². The minimum absolute atomic E-state index is 0.00171. The number of Topliss-reactive ketones (excluding diaryl/α,β-unsaturated/α-hetero) is 1. The molecule has 1 aromatic heterocycles. The molecule has 0 saturated heterocycles. The quantitative estimate of drug-likeness (QED) is 0.686. The number of ketones is 1. The standard InChI is InChI=1S/C15H17ClN2OS/c1-15(2,3)13-8-20-14(18-13)7-12(19)9-4-10(16)6-11(17)5-9/h4-6,8H,7,17H2,1-3H3. The highest BCUT2D eigenvalue weighted by molar-refractivity contribution is 7.09. The largest absolute Gasteiger partial charge is 0.399 e. The van der Waals surface area contributed by atoms with Crippen LogP contribution in [0.1, 0.15) is 41.8 Å². The maximum atomic E-state index is 12.2. The van der Waals surface area contributed by atoms with E-state index in [9.17, 15) is 4.79 Å². The summed E-state index contributed by atoms with van der Waals surface area (Å²) in [7, 11) is 0. The molecule has 3 nitrogen and oxygen atoms in total. The van der Waals surface area contributed by atoms with E-state index in [-0.39, 0.29) is 17.6 Å². The van der Waals surface area contributed by atoms with E-state index in [2.05, 4.69) is 25.8 Å². The van der Waals surface area contributed by atoms with Gasteiger partial charge in [-0.25, -0.2) is 4.98 Å². The van der Waals surface area contributed by atoms with Crippen LogP contribution in [-0.4, -0.2) is 10.8 Å². The van der Waals surface area contributed by atoms with E-state index >= 15 is 0 Å². The third kappa shape index (κ3) is 3.58. The number of anilines is 1. The topological polar surface area (TPSA) is 56.0 Å². The average molecular weight is 309 g/mol. The summed E-state index contributed by atoms with van der Waals surface area (Å²) in [5.41, 5.74) is 7.74. The lowest BCUT2D eigenvalue weighted by atomic mass is 9.93. The Morgan fingerprint density at radius 2 is 2.05 bits per heavy atom. The third-order valence-electron chi connectivity index (χ3n) is 2.87. The molecule has 0 saturated carbocycles. The van der Waals surface area contributed by atoms with Crippen molar-refractivity contribution in [2.45, 2.75) is 32.6 Å². The molecular formula is C15H17ClN2OS. The van der Waals surface area contributed by atoms with Crippen LogP contribution in [0.4, 0.5) is 5.69 Å². The number of nitrogens with two attached hydrogens (primary N) is 1. The second kappa shape index (κ2) is 5.54. The molecule has 0 aliphatic heterocycles. The van der Waals surface area contributed by atoms with Crippen LogP contribution >= 0.6 is 22.9 Å². The number of halogens is 1. The molecule has 0 aliphatic rings. The van der Waals surface area contributed by atoms with Crippen molar-refractivity contribution in [3.63, 3.8) is 0 Å². The summed E-state index contributed by atoms with van der Waals surface area (Å²) in [6.45, 7) is 6.31. The fourth-order valence-corrected chi connectivity index (χ4v) is 3.01. The van der Waals surface area contributed by atoms with Crippen molar-refractivity contribution in [1.29, 1.82) is 0 Å². The van der Waals surface area contributed by atoms with Crippen LogP contribution in [0.5, 0.6) is 0 Å². The van der Waals surface area contributed by atoms with Crippen LogP contribution in [0.15, 0.2) is 23.6 Å². The Hall–Kier alpha value is -1.39. The number of aromatic nitrogens is 1. The van der Waals surface area contributed by atoms with E-state index in [1.807, 2.05) is 5.38 Å². The predicted octanol–water partition coefficient (Wildman–Crippen LogP) is 4.10. The summed E-state index contributed by atoms with van der Waals surface area (Å²) >= 11 is 7.43. The Morgan fingerprint density at radius 3 is 2.60 bits per heavy atom. The van der Waals surface area contributed by atoms with Gasteiger partial charge in [0.25, 0.3) is 0 Å². The lowest BCUT2D eigenvalue weighted by Crippen LogP contribution is -2.12. The summed E-state index contributed by atoms with van der Waals surface area (Å²) in [5, 5.41) is 3.30. The van der Waals surface area contributed by atoms with Gasteiger partial charge in [-0.2, -0.15) is 0 Å². The molecule has 0 aliphatic carbocycles. The summed E-state index contributed by atoms with van der Waals surface area (Å²) in [4.78, 5) is 16.8. The van der Waals surface area contributed by atoms with Gasteiger partial charge < -0.3 is 5.73 Å². The molecule has 20 heavy (non-hydrogen) atoms. The molecule has 0 unspecified atom stereocenters. The number of benzene rings is 1. The van der Waals surface area contributed by atoms with Crippen molar-refractivity contribution >= 4 is 34.4 Å². The molecule has 0 radical (unpaired) electrons. The Morgan fingerprint density at radius 1 is 1.35 bits per heavy atom. The molecule has 106 valence electrons. The van der Waals surface area contributed by atoms with E-state index < -0.39 is 0 Å². The molecule has 2 aromatic rings. The van der Waals surface area contributed by atoms with Gasteiger partial charge in [0.15, 0.2) is 5.78 Å². The van der Waals surface area contributed by atoms with Gasteiger partial charge >= 0.3 is 0 Å². The number of nitrogen functional groups attached to an aromatic ring is 1. The van der Waals surface area contributed by atoms with Gasteiger partial charge in [0.1, 0.15) is 5.01 Å².